The van der Waals surface area contributed by atoms with Crippen LogP contribution in [-0.2, 0) is 4.74 Å². The van der Waals surface area contributed by atoms with E-state index in [2.05, 4.69) is 48.7 Å². The largest absolute Gasteiger partial charge is 0.465 e. The number of carbonyl (C=O) groups is 1. The summed E-state index contributed by atoms with van der Waals surface area (Å²) < 4.78 is 4.73. The van der Waals surface area contributed by atoms with Crippen molar-refractivity contribution in [1.29, 1.82) is 0 Å². The van der Waals surface area contributed by atoms with Gasteiger partial charge in [0.2, 0.25) is 0 Å². The van der Waals surface area contributed by atoms with Gasteiger partial charge in [-0.25, -0.2) is 4.79 Å². The first-order chi connectivity index (χ1) is 11.5. The van der Waals surface area contributed by atoms with Crippen LogP contribution in [0.25, 0.3) is 0 Å². The number of aryl methyl sites for hydroxylation is 1. The van der Waals surface area contributed by atoms with Crippen LogP contribution in [0.2, 0.25) is 0 Å². The van der Waals surface area contributed by atoms with E-state index in [0.29, 0.717) is 10.7 Å². The molecule has 0 bridgehead atoms. The minimum Gasteiger partial charge on any atom is -0.465 e. The molecule has 0 unspecified atom stereocenters. The molecular weight excluding hydrogens is 320 g/mol. The molecule has 0 heterocycles. The third-order valence-electron chi connectivity index (χ3n) is 3.73. The Morgan fingerprint density at radius 2 is 1.92 bits per heavy atom. The average Bonchev–Trinajstić information content (AvgIpc) is 2.60. The van der Waals surface area contributed by atoms with Crippen LogP contribution in [0.3, 0.4) is 0 Å². The zero-order valence-electron chi connectivity index (χ0n) is 14.1. The highest BCUT2D eigenvalue weighted by Crippen LogP contribution is 2.18. The predicted octanol–water partition coefficient (Wildman–Crippen LogP) is 4.22. The van der Waals surface area contributed by atoms with Gasteiger partial charge < -0.3 is 15.4 Å². The Labute approximate surface area is 148 Å². The van der Waals surface area contributed by atoms with Crippen LogP contribution >= 0.6 is 12.2 Å². The number of esters is 1. The molecule has 2 aromatic carbocycles. The van der Waals surface area contributed by atoms with E-state index in [1.165, 1.54) is 18.2 Å². The first-order valence-electron chi connectivity index (χ1n) is 7.86. The molecule has 0 fully saturated rings. The van der Waals surface area contributed by atoms with Crippen molar-refractivity contribution in [1.82, 2.24) is 5.32 Å². The minimum absolute atomic E-state index is 0.134. The van der Waals surface area contributed by atoms with Crippen LogP contribution in [0, 0.1) is 6.92 Å². The maximum Gasteiger partial charge on any atom is 0.337 e. The Balaban J connectivity index is 2.04. The quantitative estimate of drug-likeness (QED) is 0.629. The normalized spacial score (nSPS) is 11.5. The Bertz CT molecular complexity index is 714. The Morgan fingerprint density at radius 1 is 1.21 bits per heavy atom. The molecule has 0 saturated heterocycles. The molecule has 0 amide bonds. The highest BCUT2D eigenvalue weighted by Gasteiger charge is 2.11. The van der Waals surface area contributed by atoms with Gasteiger partial charge in [0, 0.05) is 5.69 Å². The summed E-state index contributed by atoms with van der Waals surface area (Å²) in [6.07, 6.45) is 0.910. The first kappa shape index (κ1) is 17.9. The van der Waals surface area contributed by atoms with E-state index in [0.717, 1.165) is 12.1 Å². The summed E-state index contributed by atoms with van der Waals surface area (Å²) in [5.41, 5.74) is 3.65. The molecule has 24 heavy (non-hydrogen) atoms. The fourth-order valence-corrected chi connectivity index (χ4v) is 2.65. The number of rotatable bonds is 5. The lowest BCUT2D eigenvalue weighted by atomic mass is 10.0. The van der Waals surface area contributed by atoms with Crippen molar-refractivity contribution >= 4 is 29.0 Å². The van der Waals surface area contributed by atoms with Gasteiger partial charge in [-0.15, -0.1) is 0 Å². The maximum absolute atomic E-state index is 11.6. The zero-order valence-corrected chi connectivity index (χ0v) is 14.9. The van der Waals surface area contributed by atoms with Crippen molar-refractivity contribution < 1.29 is 9.53 Å². The molecule has 0 radical (unpaired) electrons. The van der Waals surface area contributed by atoms with E-state index < -0.39 is 0 Å². The van der Waals surface area contributed by atoms with Crippen LogP contribution in [0.15, 0.2) is 48.5 Å². The molecular formula is C19H22N2O2S. The molecule has 1 atom stereocenters. The van der Waals surface area contributed by atoms with Crippen LogP contribution in [0.4, 0.5) is 5.69 Å². The third kappa shape index (κ3) is 4.80. The van der Waals surface area contributed by atoms with Crippen LogP contribution in [0.1, 0.15) is 40.9 Å². The number of hydrogen-bond acceptors (Lipinski definition) is 3. The number of anilines is 1. The van der Waals surface area contributed by atoms with Crippen molar-refractivity contribution in [3.8, 4) is 0 Å². The molecule has 2 rings (SSSR count). The number of carbonyl (C=O) groups excluding carboxylic acids is 1. The second-order valence-electron chi connectivity index (χ2n) is 5.54. The summed E-state index contributed by atoms with van der Waals surface area (Å²) in [5.74, 6) is -0.372. The molecule has 0 aliphatic heterocycles. The SMILES string of the molecule is CC[C@@H](NC(=S)Nc1cccc(C(=O)OC)c1)c1ccc(C)cc1. The summed E-state index contributed by atoms with van der Waals surface area (Å²) in [5, 5.41) is 6.96. The lowest BCUT2D eigenvalue weighted by molar-refractivity contribution is 0.0601. The second-order valence-corrected chi connectivity index (χ2v) is 5.95. The number of hydrogen-bond donors (Lipinski definition) is 2. The van der Waals surface area contributed by atoms with Gasteiger partial charge in [0.05, 0.1) is 18.7 Å². The molecule has 5 heteroatoms. The Kier molecular flexibility index (Phi) is 6.32. The van der Waals surface area contributed by atoms with Gasteiger partial charge in [-0.1, -0.05) is 42.8 Å². The van der Waals surface area contributed by atoms with Crippen molar-refractivity contribution in [2.75, 3.05) is 12.4 Å². The fourth-order valence-electron chi connectivity index (χ4n) is 2.39. The van der Waals surface area contributed by atoms with Crippen molar-refractivity contribution in [3.05, 3.63) is 65.2 Å². The first-order valence-corrected chi connectivity index (χ1v) is 8.26. The fraction of sp³-hybridized carbons (Fsp3) is 0.263. The molecule has 0 spiro atoms. The van der Waals surface area contributed by atoms with Gasteiger partial charge in [0.1, 0.15) is 0 Å². The average molecular weight is 342 g/mol. The molecule has 0 saturated carbocycles. The monoisotopic (exact) mass is 342 g/mol. The highest BCUT2D eigenvalue weighted by molar-refractivity contribution is 7.80. The number of nitrogens with one attached hydrogen (secondary N) is 2. The third-order valence-corrected chi connectivity index (χ3v) is 3.95. The Hall–Kier alpha value is -2.40. The summed E-state index contributed by atoms with van der Waals surface area (Å²) >= 11 is 5.40. The van der Waals surface area contributed by atoms with Gasteiger partial charge >= 0.3 is 5.97 Å². The topological polar surface area (TPSA) is 50.4 Å². The summed E-state index contributed by atoms with van der Waals surface area (Å²) in [4.78, 5) is 11.6. The number of methoxy groups -OCH3 is 1. The van der Waals surface area contributed by atoms with Gasteiger partial charge in [0.25, 0.3) is 0 Å². The van der Waals surface area contributed by atoms with Crippen LogP contribution in [-0.4, -0.2) is 18.2 Å². The van der Waals surface area contributed by atoms with Gasteiger partial charge in [-0.3, -0.25) is 0 Å². The van der Waals surface area contributed by atoms with E-state index in [1.54, 1.807) is 18.2 Å². The number of ether oxygens (including phenoxy) is 1. The maximum atomic E-state index is 11.6. The smallest absolute Gasteiger partial charge is 0.337 e. The van der Waals surface area contributed by atoms with Crippen molar-refractivity contribution in [2.45, 2.75) is 26.3 Å². The zero-order chi connectivity index (χ0) is 17.5. The van der Waals surface area contributed by atoms with Gasteiger partial charge in [0.15, 0.2) is 5.11 Å². The van der Waals surface area contributed by atoms with Gasteiger partial charge in [-0.05, 0) is 49.3 Å². The van der Waals surface area contributed by atoms with E-state index in [9.17, 15) is 4.79 Å². The van der Waals surface area contributed by atoms with Crippen LogP contribution < -0.4 is 10.6 Å². The van der Waals surface area contributed by atoms with E-state index in [1.807, 2.05) is 6.07 Å². The summed E-state index contributed by atoms with van der Waals surface area (Å²) in [7, 11) is 1.36. The van der Waals surface area contributed by atoms with Gasteiger partial charge in [-0.2, -0.15) is 0 Å². The second kappa shape index (κ2) is 8.45. The summed E-state index contributed by atoms with van der Waals surface area (Å²) in [6, 6.07) is 15.6. The number of benzene rings is 2. The minimum atomic E-state index is -0.372. The van der Waals surface area contributed by atoms with Crippen LogP contribution in [0.5, 0.6) is 0 Å². The molecule has 4 nitrogen and oxygen atoms in total. The van der Waals surface area contributed by atoms with E-state index in [-0.39, 0.29) is 12.0 Å². The van der Waals surface area contributed by atoms with Crippen molar-refractivity contribution in [3.63, 3.8) is 0 Å². The van der Waals surface area contributed by atoms with E-state index in [4.69, 9.17) is 17.0 Å². The summed E-state index contributed by atoms with van der Waals surface area (Å²) in [6.45, 7) is 4.18. The lowest BCUT2D eigenvalue weighted by Crippen LogP contribution is -2.32. The highest BCUT2D eigenvalue weighted by atomic mass is 32.1. The molecule has 126 valence electrons. The molecule has 0 aliphatic carbocycles. The lowest BCUT2D eigenvalue weighted by Gasteiger charge is -2.20. The molecule has 2 N–H and O–H groups in total. The predicted molar refractivity (Wildman–Crippen MR) is 101 cm³/mol. The molecule has 2 aromatic rings. The van der Waals surface area contributed by atoms with E-state index >= 15 is 0 Å². The standard InChI is InChI=1S/C19H22N2O2S/c1-4-17(14-10-8-13(2)9-11-14)21-19(24)20-16-7-5-6-15(12-16)18(22)23-3/h5-12,17H,4H2,1-3H3,(H2,20,21,24)/t17-/m1/s1. The molecule has 0 aliphatic rings. The number of thiocarbonyl (C=S) groups is 1. The molecule has 0 aromatic heterocycles. The Morgan fingerprint density at radius 3 is 2.54 bits per heavy atom. The van der Waals surface area contributed by atoms with Crippen molar-refractivity contribution in [2.24, 2.45) is 0 Å².